The largest absolute Gasteiger partial charge is 0.336 e. The van der Waals surface area contributed by atoms with Gasteiger partial charge in [0, 0.05) is 12.1 Å². The number of urea groups is 1. The zero-order valence-electron chi connectivity index (χ0n) is 13.8. The van der Waals surface area contributed by atoms with E-state index in [1.807, 2.05) is 41.5 Å². The minimum absolute atomic E-state index is 0.0322. The number of carbonyl (C=O) groups excluding carboxylic acids is 3. The number of nitrogens with one attached hydrogen (secondary N) is 1. The van der Waals surface area contributed by atoms with Crippen LogP contribution < -0.4 is 5.32 Å². The van der Waals surface area contributed by atoms with Crippen LogP contribution in [0.2, 0.25) is 0 Å². The van der Waals surface area contributed by atoms with E-state index in [-0.39, 0.29) is 30.4 Å². The molecule has 1 aliphatic heterocycles. The van der Waals surface area contributed by atoms with Gasteiger partial charge < -0.3 is 10.2 Å². The predicted molar refractivity (Wildman–Crippen MR) is 80.6 cm³/mol. The topological polar surface area (TPSA) is 69.7 Å². The molecule has 21 heavy (non-hydrogen) atoms. The van der Waals surface area contributed by atoms with Crippen molar-refractivity contribution in [3.05, 3.63) is 0 Å². The molecule has 0 aliphatic carbocycles. The van der Waals surface area contributed by atoms with Crippen LogP contribution in [-0.2, 0) is 9.59 Å². The molecule has 0 aromatic rings. The van der Waals surface area contributed by atoms with Gasteiger partial charge >= 0.3 is 6.03 Å². The van der Waals surface area contributed by atoms with Gasteiger partial charge in [0.2, 0.25) is 5.91 Å². The van der Waals surface area contributed by atoms with Gasteiger partial charge in [-0.25, -0.2) is 4.79 Å². The quantitative estimate of drug-likeness (QED) is 0.757. The lowest BCUT2D eigenvalue weighted by Crippen LogP contribution is -2.48. The highest BCUT2D eigenvalue weighted by Gasteiger charge is 2.40. The predicted octanol–water partition coefficient (Wildman–Crippen LogP) is 1.60. The summed E-state index contributed by atoms with van der Waals surface area (Å²) in [6.07, 6.45) is 0.591. The molecule has 1 atom stereocenters. The molecule has 1 N–H and O–H groups in total. The lowest BCUT2D eigenvalue weighted by atomic mass is 10.0. The van der Waals surface area contributed by atoms with E-state index >= 15 is 0 Å². The molecule has 120 valence electrons. The first-order valence-corrected chi connectivity index (χ1v) is 7.58. The Morgan fingerprint density at radius 1 is 1.14 bits per heavy atom. The lowest BCUT2D eigenvalue weighted by Gasteiger charge is -2.31. The van der Waals surface area contributed by atoms with E-state index in [2.05, 4.69) is 5.32 Å². The van der Waals surface area contributed by atoms with Crippen LogP contribution in [0.4, 0.5) is 4.79 Å². The van der Waals surface area contributed by atoms with Crippen molar-refractivity contribution in [3.8, 4) is 0 Å². The molecule has 0 bridgehead atoms. The Balaban J connectivity index is 2.76. The van der Waals surface area contributed by atoms with Crippen molar-refractivity contribution in [1.29, 1.82) is 0 Å². The number of imide groups is 1. The Morgan fingerprint density at radius 3 is 2.10 bits per heavy atom. The maximum absolute atomic E-state index is 12.4. The molecule has 1 saturated heterocycles. The monoisotopic (exact) mass is 297 g/mol. The van der Waals surface area contributed by atoms with Crippen LogP contribution in [0.3, 0.4) is 0 Å². The fraction of sp³-hybridized carbons (Fsp3) is 0.800. The third kappa shape index (κ3) is 4.19. The summed E-state index contributed by atoms with van der Waals surface area (Å²) in [6.45, 7) is 11.5. The molecule has 0 radical (unpaired) electrons. The summed E-state index contributed by atoms with van der Waals surface area (Å²) in [6, 6.07) is -0.905. The zero-order chi connectivity index (χ0) is 16.3. The van der Waals surface area contributed by atoms with Crippen molar-refractivity contribution >= 4 is 17.8 Å². The SMILES string of the molecule is CC(C)CC1NC(=O)N(CC(=O)N(C(C)C)C(C)C)C1=O. The van der Waals surface area contributed by atoms with Gasteiger partial charge in [-0.05, 0) is 40.0 Å². The van der Waals surface area contributed by atoms with E-state index in [0.29, 0.717) is 12.3 Å². The van der Waals surface area contributed by atoms with E-state index < -0.39 is 12.1 Å². The summed E-state index contributed by atoms with van der Waals surface area (Å²) in [7, 11) is 0. The number of hydrogen-bond donors (Lipinski definition) is 1. The van der Waals surface area contributed by atoms with Gasteiger partial charge in [0.1, 0.15) is 12.6 Å². The van der Waals surface area contributed by atoms with Gasteiger partial charge in [-0.2, -0.15) is 0 Å². The van der Waals surface area contributed by atoms with Crippen LogP contribution in [0, 0.1) is 5.92 Å². The fourth-order valence-corrected chi connectivity index (χ4v) is 2.75. The molecule has 6 nitrogen and oxygen atoms in total. The second kappa shape index (κ2) is 6.91. The summed E-state index contributed by atoms with van der Waals surface area (Å²) in [4.78, 5) is 39.2. The van der Waals surface area contributed by atoms with Gasteiger partial charge in [0.05, 0.1) is 0 Å². The van der Waals surface area contributed by atoms with Crippen LogP contribution in [0.15, 0.2) is 0 Å². The van der Waals surface area contributed by atoms with E-state index in [0.717, 1.165) is 4.90 Å². The van der Waals surface area contributed by atoms with Gasteiger partial charge in [-0.15, -0.1) is 0 Å². The summed E-state index contributed by atoms with van der Waals surface area (Å²) in [5.74, 6) is -0.194. The van der Waals surface area contributed by atoms with Gasteiger partial charge in [-0.3, -0.25) is 14.5 Å². The Labute approximate surface area is 126 Å². The van der Waals surface area contributed by atoms with E-state index in [9.17, 15) is 14.4 Å². The van der Waals surface area contributed by atoms with Crippen molar-refractivity contribution in [2.75, 3.05) is 6.54 Å². The molecule has 0 saturated carbocycles. The highest BCUT2D eigenvalue weighted by atomic mass is 16.2. The molecular formula is C15H27N3O3. The van der Waals surface area contributed by atoms with Crippen LogP contribution in [0.25, 0.3) is 0 Å². The Morgan fingerprint density at radius 2 is 1.67 bits per heavy atom. The molecule has 1 aliphatic rings. The van der Waals surface area contributed by atoms with E-state index in [1.54, 1.807) is 4.90 Å². The molecule has 0 aromatic heterocycles. The van der Waals surface area contributed by atoms with Gasteiger partial charge in [-0.1, -0.05) is 13.8 Å². The minimum atomic E-state index is -0.503. The third-order valence-corrected chi connectivity index (χ3v) is 3.51. The summed E-state index contributed by atoms with van der Waals surface area (Å²) < 4.78 is 0. The highest BCUT2D eigenvalue weighted by Crippen LogP contribution is 2.15. The smallest absolute Gasteiger partial charge is 0.325 e. The average Bonchev–Trinajstić information content (AvgIpc) is 2.55. The number of nitrogens with zero attached hydrogens (tertiary/aromatic N) is 2. The molecular weight excluding hydrogens is 270 g/mol. The average molecular weight is 297 g/mol. The normalized spacial score (nSPS) is 18.9. The minimum Gasteiger partial charge on any atom is -0.336 e. The van der Waals surface area contributed by atoms with Crippen molar-refractivity contribution < 1.29 is 14.4 Å². The van der Waals surface area contributed by atoms with Crippen molar-refractivity contribution in [1.82, 2.24) is 15.1 Å². The molecule has 6 heteroatoms. The van der Waals surface area contributed by atoms with Crippen molar-refractivity contribution in [3.63, 3.8) is 0 Å². The Hall–Kier alpha value is -1.59. The third-order valence-electron chi connectivity index (χ3n) is 3.51. The van der Waals surface area contributed by atoms with Gasteiger partial charge in [0.15, 0.2) is 0 Å². The fourth-order valence-electron chi connectivity index (χ4n) is 2.75. The second-order valence-corrected chi connectivity index (χ2v) is 6.54. The first-order valence-electron chi connectivity index (χ1n) is 7.58. The number of rotatable bonds is 6. The van der Waals surface area contributed by atoms with E-state index in [1.165, 1.54) is 0 Å². The van der Waals surface area contributed by atoms with Crippen LogP contribution in [0.1, 0.15) is 48.0 Å². The molecule has 0 aromatic carbocycles. The number of hydrogen-bond acceptors (Lipinski definition) is 3. The van der Waals surface area contributed by atoms with Crippen molar-refractivity contribution in [2.45, 2.75) is 66.1 Å². The number of carbonyl (C=O) groups is 3. The maximum atomic E-state index is 12.4. The number of amides is 4. The summed E-state index contributed by atoms with van der Waals surface area (Å²) >= 11 is 0. The first-order chi connectivity index (χ1) is 9.65. The van der Waals surface area contributed by atoms with E-state index in [4.69, 9.17) is 0 Å². The van der Waals surface area contributed by atoms with Crippen LogP contribution in [-0.4, -0.2) is 52.3 Å². The standard InChI is InChI=1S/C15H27N3O3/c1-9(2)7-12-14(20)17(15(21)16-12)8-13(19)18(10(3)4)11(5)6/h9-12H,7-8H2,1-6H3,(H,16,21). The van der Waals surface area contributed by atoms with Crippen LogP contribution in [0.5, 0.6) is 0 Å². The molecule has 0 spiro atoms. The van der Waals surface area contributed by atoms with Gasteiger partial charge in [0.25, 0.3) is 5.91 Å². The molecule has 1 unspecified atom stereocenters. The second-order valence-electron chi connectivity index (χ2n) is 6.54. The van der Waals surface area contributed by atoms with Crippen molar-refractivity contribution in [2.24, 2.45) is 5.92 Å². The molecule has 4 amide bonds. The maximum Gasteiger partial charge on any atom is 0.325 e. The summed E-state index contributed by atoms with van der Waals surface area (Å²) in [5, 5.41) is 2.65. The molecule has 1 rings (SSSR count). The Kier molecular flexibility index (Phi) is 5.75. The summed E-state index contributed by atoms with van der Waals surface area (Å²) in [5.41, 5.74) is 0. The molecule has 1 heterocycles. The van der Waals surface area contributed by atoms with Crippen LogP contribution >= 0.6 is 0 Å². The zero-order valence-corrected chi connectivity index (χ0v) is 13.8. The first kappa shape index (κ1) is 17.5. The highest BCUT2D eigenvalue weighted by molar-refractivity contribution is 6.06. The molecule has 1 fully saturated rings. The Bertz CT molecular complexity index is 410. The lowest BCUT2D eigenvalue weighted by molar-refractivity contribution is -0.140.